The molecular weight excluding hydrogens is 473 g/mol. The Morgan fingerprint density at radius 1 is 0.914 bits per heavy atom. The van der Waals surface area contributed by atoms with Crippen molar-refractivity contribution in [3.63, 3.8) is 0 Å². The first-order valence-electron chi connectivity index (χ1n) is 13.6. The first-order chi connectivity index (χ1) is 17.1. The van der Waals surface area contributed by atoms with Gasteiger partial charge in [-0.15, -0.1) is 0 Å². The molecule has 5 heteroatoms. The van der Waals surface area contributed by atoms with Crippen LogP contribution >= 0.6 is 23.2 Å². The van der Waals surface area contributed by atoms with Crippen LogP contribution in [-0.2, 0) is 6.54 Å². The molecule has 0 saturated heterocycles. The Labute approximate surface area is 220 Å². The van der Waals surface area contributed by atoms with Gasteiger partial charge in [0.05, 0.1) is 0 Å². The topological polar surface area (TPSA) is 43.0 Å². The Kier molecular flexibility index (Phi) is 8.40. The fourth-order valence-electron chi connectivity index (χ4n) is 6.38. The predicted molar refractivity (Wildman–Crippen MR) is 150 cm³/mol. The molecule has 5 rings (SSSR count). The summed E-state index contributed by atoms with van der Waals surface area (Å²) in [6.45, 7) is 2.08. The van der Waals surface area contributed by atoms with Crippen LogP contribution in [0.15, 0.2) is 48.7 Å². The van der Waals surface area contributed by atoms with E-state index in [9.17, 15) is 0 Å². The van der Waals surface area contributed by atoms with Crippen molar-refractivity contribution in [1.82, 2.24) is 9.88 Å². The van der Waals surface area contributed by atoms with Gasteiger partial charge in [-0.1, -0.05) is 60.7 Å². The summed E-state index contributed by atoms with van der Waals surface area (Å²) in [4.78, 5) is 0. The van der Waals surface area contributed by atoms with Crippen molar-refractivity contribution in [2.24, 2.45) is 11.7 Å². The van der Waals surface area contributed by atoms with Gasteiger partial charge in [0.15, 0.2) is 0 Å². The number of rotatable bonds is 8. The maximum absolute atomic E-state index is 6.49. The second-order valence-corrected chi connectivity index (χ2v) is 11.7. The van der Waals surface area contributed by atoms with Gasteiger partial charge in [-0.2, -0.15) is 0 Å². The average Bonchev–Trinajstić information content (AvgIpc) is 3.21. The minimum atomic E-state index is 0.238. The fraction of sp³-hybridized carbons (Fsp3) is 0.533. The highest BCUT2D eigenvalue weighted by Crippen LogP contribution is 2.38. The standard InChI is InChI=1S/C30H39Cl2N3/c31-23-16-22(17-24(32)18-23)27(14-15-34-26-12-10-25(33)11-13-26)29-20-35(19-21-6-2-1-3-7-21)30-9-5-4-8-28(29)30/h4-5,8-9,16-18,20-21,25-27,34H,1-3,6-7,10-15,19,33H2/t25-,26-,27?. The van der Waals surface area contributed by atoms with E-state index in [0.717, 1.165) is 38.3 Å². The van der Waals surface area contributed by atoms with Crippen molar-refractivity contribution in [3.8, 4) is 0 Å². The molecule has 2 saturated carbocycles. The predicted octanol–water partition coefficient (Wildman–Crippen LogP) is 7.91. The van der Waals surface area contributed by atoms with E-state index in [4.69, 9.17) is 28.9 Å². The molecule has 1 heterocycles. The molecule has 0 radical (unpaired) electrons. The number of hydrogen-bond donors (Lipinski definition) is 2. The smallest absolute Gasteiger partial charge is 0.0483 e. The fourth-order valence-corrected chi connectivity index (χ4v) is 6.93. The molecule has 1 atom stereocenters. The van der Waals surface area contributed by atoms with Gasteiger partial charge in [0.2, 0.25) is 0 Å². The minimum Gasteiger partial charge on any atom is -0.347 e. The molecule has 2 aromatic carbocycles. The zero-order valence-electron chi connectivity index (χ0n) is 20.7. The zero-order valence-corrected chi connectivity index (χ0v) is 22.2. The summed E-state index contributed by atoms with van der Waals surface area (Å²) in [5, 5.41) is 6.60. The second kappa shape index (κ2) is 11.7. The number of nitrogens with two attached hydrogens (primary N) is 1. The van der Waals surface area contributed by atoms with E-state index in [2.05, 4.69) is 52.5 Å². The number of nitrogens with one attached hydrogen (secondary N) is 1. The van der Waals surface area contributed by atoms with Gasteiger partial charge in [-0.05, 0) is 92.8 Å². The molecular formula is C30H39Cl2N3. The Bertz CT molecular complexity index is 1090. The van der Waals surface area contributed by atoms with Crippen LogP contribution < -0.4 is 11.1 Å². The lowest BCUT2D eigenvalue weighted by Crippen LogP contribution is -2.38. The van der Waals surface area contributed by atoms with Crippen molar-refractivity contribution in [1.29, 1.82) is 0 Å². The Morgan fingerprint density at radius 3 is 2.37 bits per heavy atom. The van der Waals surface area contributed by atoms with Gasteiger partial charge < -0.3 is 15.6 Å². The molecule has 1 aromatic heterocycles. The van der Waals surface area contributed by atoms with Crippen LogP contribution in [0.1, 0.15) is 81.3 Å². The lowest BCUT2D eigenvalue weighted by atomic mass is 9.87. The van der Waals surface area contributed by atoms with Crippen LogP contribution in [0.5, 0.6) is 0 Å². The molecule has 3 N–H and O–H groups in total. The quantitative estimate of drug-likeness (QED) is 0.322. The highest BCUT2D eigenvalue weighted by atomic mass is 35.5. The molecule has 0 aliphatic heterocycles. The first-order valence-corrected chi connectivity index (χ1v) is 14.3. The monoisotopic (exact) mass is 511 g/mol. The van der Waals surface area contributed by atoms with Crippen molar-refractivity contribution in [2.45, 2.75) is 88.8 Å². The van der Waals surface area contributed by atoms with Gasteiger partial charge in [0.1, 0.15) is 0 Å². The van der Waals surface area contributed by atoms with Crippen LogP contribution in [0.3, 0.4) is 0 Å². The third-order valence-corrected chi connectivity index (χ3v) is 8.74. The lowest BCUT2D eigenvalue weighted by molar-refractivity contribution is 0.322. The van der Waals surface area contributed by atoms with Crippen molar-refractivity contribution >= 4 is 34.1 Å². The van der Waals surface area contributed by atoms with E-state index in [-0.39, 0.29) is 5.92 Å². The molecule has 35 heavy (non-hydrogen) atoms. The van der Waals surface area contributed by atoms with Gasteiger partial charge in [0, 0.05) is 51.7 Å². The van der Waals surface area contributed by atoms with Gasteiger partial charge >= 0.3 is 0 Å². The van der Waals surface area contributed by atoms with Crippen LogP contribution in [0.25, 0.3) is 10.9 Å². The molecule has 0 spiro atoms. The zero-order chi connectivity index (χ0) is 24.2. The van der Waals surface area contributed by atoms with E-state index in [1.165, 1.54) is 67.0 Å². The Balaban J connectivity index is 1.44. The second-order valence-electron chi connectivity index (χ2n) is 10.9. The Hall–Kier alpha value is -1.52. The van der Waals surface area contributed by atoms with E-state index in [1.807, 2.05) is 6.07 Å². The van der Waals surface area contributed by atoms with Gasteiger partial charge in [0.25, 0.3) is 0 Å². The summed E-state index contributed by atoms with van der Waals surface area (Å²) in [6.07, 6.45) is 14.9. The largest absolute Gasteiger partial charge is 0.347 e. The summed E-state index contributed by atoms with van der Waals surface area (Å²) in [6, 6.07) is 15.9. The number of hydrogen-bond acceptors (Lipinski definition) is 2. The molecule has 2 aliphatic carbocycles. The summed E-state index contributed by atoms with van der Waals surface area (Å²) >= 11 is 13.0. The third-order valence-electron chi connectivity index (χ3n) is 8.30. The molecule has 188 valence electrons. The van der Waals surface area contributed by atoms with E-state index in [0.29, 0.717) is 22.1 Å². The number of halogens is 2. The maximum Gasteiger partial charge on any atom is 0.0483 e. The normalized spacial score (nSPS) is 22.5. The first kappa shape index (κ1) is 25.1. The summed E-state index contributed by atoms with van der Waals surface area (Å²) < 4.78 is 2.52. The minimum absolute atomic E-state index is 0.238. The summed E-state index contributed by atoms with van der Waals surface area (Å²) in [7, 11) is 0. The molecule has 3 aromatic rings. The van der Waals surface area contributed by atoms with Crippen molar-refractivity contribution in [3.05, 3.63) is 69.8 Å². The van der Waals surface area contributed by atoms with E-state index < -0.39 is 0 Å². The number of para-hydroxylation sites is 1. The highest BCUT2D eigenvalue weighted by molar-refractivity contribution is 6.34. The summed E-state index contributed by atoms with van der Waals surface area (Å²) in [5.74, 6) is 1.02. The van der Waals surface area contributed by atoms with Gasteiger partial charge in [-0.3, -0.25) is 0 Å². The number of benzene rings is 2. The highest BCUT2D eigenvalue weighted by Gasteiger charge is 2.24. The molecule has 0 bridgehead atoms. The number of aromatic nitrogens is 1. The van der Waals surface area contributed by atoms with Crippen LogP contribution in [0.2, 0.25) is 10.0 Å². The Morgan fingerprint density at radius 2 is 1.63 bits per heavy atom. The SMILES string of the molecule is N[C@H]1CC[C@H](NCCC(c2cc(Cl)cc(Cl)c2)c2cn(CC3CCCCC3)c3ccccc23)CC1. The van der Waals surface area contributed by atoms with E-state index in [1.54, 1.807) is 0 Å². The molecule has 3 nitrogen and oxygen atoms in total. The van der Waals surface area contributed by atoms with E-state index >= 15 is 0 Å². The lowest BCUT2D eigenvalue weighted by Gasteiger charge is -2.28. The molecule has 1 unspecified atom stereocenters. The molecule has 2 fully saturated rings. The molecule has 2 aliphatic rings. The third kappa shape index (κ3) is 6.25. The molecule has 0 amide bonds. The van der Waals surface area contributed by atoms with Crippen LogP contribution in [0.4, 0.5) is 0 Å². The van der Waals surface area contributed by atoms with Crippen molar-refractivity contribution < 1.29 is 0 Å². The van der Waals surface area contributed by atoms with Crippen LogP contribution in [0, 0.1) is 5.92 Å². The maximum atomic E-state index is 6.49. The number of nitrogens with zero attached hydrogens (tertiary/aromatic N) is 1. The number of fused-ring (bicyclic) bond motifs is 1. The summed E-state index contributed by atoms with van der Waals surface area (Å²) in [5.41, 5.74) is 10.1. The average molecular weight is 513 g/mol. The van der Waals surface area contributed by atoms with Crippen LogP contribution in [-0.4, -0.2) is 23.2 Å². The van der Waals surface area contributed by atoms with Gasteiger partial charge in [-0.25, -0.2) is 0 Å². The van der Waals surface area contributed by atoms with Crippen molar-refractivity contribution in [2.75, 3.05) is 6.54 Å².